The summed E-state index contributed by atoms with van der Waals surface area (Å²) in [6, 6.07) is 12.1. The van der Waals surface area contributed by atoms with Crippen molar-refractivity contribution in [1.82, 2.24) is 5.43 Å². The minimum atomic E-state index is -0.564. The molecule has 0 saturated carbocycles. The zero-order chi connectivity index (χ0) is 19.8. The summed E-state index contributed by atoms with van der Waals surface area (Å²) >= 11 is 11.9. The molecule has 0 fully saturated rings. The van der Waals surface area contributed by atoms with Gasteiger partial charge in [-0.25, -0.2) is 4.39 Å². The van der Waals surface area contributed by atoms with Crippen molar-refractivity contribution in [3.63, 3.8) is 0 Å². The molecule has 1 aliphatic rings. The number of hydrazone groups is 1. The monoisotopic (exact) mass is 419 g/mol. The third kappa shape index (κ3) is 3.46. The Morgan fingerprint density at radius 3 is 2.61 bits per heavy atom. The van der Waals surface area contributed by atoms with Crippen LogP contribution >= 0.6 is 23.2 Å². The molecule has 0 saturated heterocycles. The van der Waals surface area contributed by atoms with Crippen molar-refractivity contribution in [2.45, 2.75) is 12.5 Å². The van der Waals surface area contributed by atoms with Crippen LogP contribution in [-0.4, -0.2) is 10.6 Å². The molecule has 0 aliphatic carbocycles. The van der Waals surface area contributed by atoms with Gasteiger partial charge in [0.25, 0.3) is 5.69 Å². The van der Waals surface area contributed by atoms with E-state index in [-0.39, 0.29) is 16.8 Å². The molecule has 0 radical (unpaired) electrons. The average molecular weight is 420 g/mol. The summed E-state index contributed by atoms with van der Waals surface area (Å²) in [5, 5.41) is 15.3. The fourth-order valence-corrected chi connectivity index (χ4v) is 3.45. The highest BCUT2D eigenvalue weighted by Crippen LogP contribution is 2.33. The van der Waals surface area contributed by atoms with Crippen LogP contribution in [0.15, 0.2) is 58.0 Å². The van der Waals surface area contributed by atoms with Crippen molar-refractivity contribution in [3.05, 3.63) is 85.8 Å². The minimum Gasteiger partial charge on any atom is -0.459 e. The van der Waals surface area contributed by atoms with Gasteiger partial charge in [0.15, 0.2) is 0 Å². The van der Waals surface area contributed by atoms with Gasteiger partial charge >= 0.3 is 0 Å². The van der Waals surface area contributed by atoms with Gasteiger partial charge in [0.1, 0.15) is 23.4 Å². The molecule has 142 valence electrons. The lowest BCUT2D eigenvalue weighted by molar-refractivity contribution is -0.384. The number of non-ortho nitro benzene ring substituents is 1. The quantitative estimate of drug-likeness (QED) is 0.332. The topological polar surface area (TPSA) is 80.7 Å². The smallest absolute Gasteiger partial charge is 0.269 e. The van der Waals surface area contributed by atoms with Gasteiger partial charge in [0, 0.05) is 29.7 Å². The number of furan rings is 1. The zero-order valence-electron chi connectivity index (χ0n) is 14.2. The van der Waals surface area contributed by atoms with Gasteiger partial charge in [-0.3, -0.25) is 15.5 Å². The predicted molar refractivity (Wildman–Crippen MR) is 104 cm³/mol. The van der Waals surface area contributed by atoms with E-state index in [9.17, 15) is 14.5 Å². The molecule has 0 amide bonds. The van der Waals surface area contributed by atoms with E-state index >= 15 is 0 Å². The summed E-state index contributed by atoms with van der Waals surface area (Å²) in [4.78, 5) is 10.3. The first-order valence-corrected chi connectivity index (χ1v) is 8.99. The van der Waals surface area contributed by atoms with Crippen LogP contribution in [-0.2, 0) is 0 Å². The van der Waals surface area contributed by atoms with Crippen molar-refractivity contribution in [1.29, 1.82) is 0 Å². The molecule has 1 atom stereocenters. The van der Waals surface area contributed by atoms with Crippen LogP contribution in [0.3, 0.4) is 0 Å². The average Bonchev–Trinajstić information content (AvgIpc) is 3.34. The lowest BCUT2D eigenvalue weighted by atomic mass is 10.0. The number of rotatable bonds is 4. The molecule has 3 aromatic rings. The van der Waals surface area contributed by atoms with Gasteiger partial charge < -0.3 is 4.42 Å². The molecule has 1 aromatic heterocycles. The maximum atomic E-state index is 13.8. The number of nitro groups is 1. The van der Waals surface area contributed by atoms with Crippen molar-refractivity contribution in [3.8, 4) is 11.3 Å². The van der Waals surface area contributed by atoms with E-state index < -0.39 is 10.7 Å². The maximum absolute atomic E-state index is 13.8. The third-order valence-corrected chi connectivity index (χ3v) is 5.01. The number of benzene rings is 2. The van der Waals surface area contributed by atoms with Gasteiger partial charge in [0.05, 0.1) is 20.7 Å². The van der Waals surface area contributed by atoms with Gasteiger partial charge in [-0.2, -0.15) is 5.10 Å². The van der Waals surface area contributed by atoms with E-state index in [4.69, 9.17) is 27.6 Å². The Balaban J connectivity index is 1.52. The fourth-order valence-electron chi connectivity index (χ4n) is 2.96. The number of nitrogens with zero attached hydrogens (tertiary/aromatic N) is 2. The molecule has 0 bridgehead atoms. The number of hydrogen-bond acceptors (Lipinski definition) is 5. The van der Waals surface area contributed by atoms with E-state index in [1.807, 2.05) is 0 Å². The Morgan fingerprint density at radius 1 is 1.14 bits per heavy atom. The van der Waals surface area contributed by atoms with Crippen LogP contribution in [0, 0.1) is 15.9 Å². The third-order valence-electron chi connectivity index (χ3n) is 4.41. The van der Waals surface area contributed by atoms with E-state index in [0.29, 0.717) is 34.2 Å². The zero-order valence-corrected chi connectivity index (χ0v) is 15.7. The van der Waals surface area contributed by atoms with Crippen LogP contribution in [0.5, 0.6) is 0 Å². The molecular formula is C19H12Cl2FN3O3. The minimum absolute atomic E-state index is 0.0121. The SMILES string of the molecule is O=[N+]([O-])c1ccc(-c2ccc([C@H]3CC(c4cc(F)c(Cl)cc4Cl)=NN3)o2)cc1. The first-order chi connectivity index (χ1) is 13.4. The van der Waals surface area contributed by atoms with Crippen molar-refractivity contribution in [2.75, 3.05) is 0 Å². The molecule has 9 heteroatoms. The van der Waals surface area contributed by atoms with Crippen LogP contribution in [0.2, 0.25) is 10.0 Å². The van der Waals surface area contributed by atoms with Gasteiger partial charge in [-0.15, -0.1) is 0 Å². The Hall–Kier alpha value is -2.90. The van der Waals surface area contributed by atoms with E-state index in [1.54, 1.807) is 24.3 Å². The van der Waals surface area contributed by atoms with Crippen molar-refractivity contribution >= 4 is 34.6 Å². The molecule has 1 aliphatic heterocycles. The Kier molecular flexibility index (Phi) is 4.78. The highest BCUT2D eigenvalue weighted by Gasteiger charge is 2.26. The van der Waals surface area contributed by atoms with Crippen LogP contribution in [0.4, 0.5) is 10.1 Å². The van der Waals surface area contributed by atoms with Crippen molar-refractivity contribution in [2.24, 2.45) is 5.10 Å². The Morgan fingerprint density at radius 2 is 1.89 bits per heavy atom. The normalized spacial score (nSPS) is 16.0. The van der Waals surface area contributed by atoms with E-state index in [0.717, 1.165) is 5.56 Å². The summed E-state index contributed by atoms with van der Waals surface area (Å²) in [5.41, 5.74) is 4.76. The lowest BCUT2D eigenvalue weighted by Crippen LogP contribution is -2.08. The second-order valence-electron chi connectivity index (χ2n) is 6.20. The molecule has 2 aromatic carbocycles. The van der Waals surface area contributed by atoms with Crippen LogP contribution < -0.4 is 5.43 Å². The first-order valence-electron chi connectivity index (χ1n) is 8.24. The number of nitrogens with one attached hydrogen (secondary N) is 1. The number of halogens is 3. The molecule has 6 nitrogen and oxygen atoms in total. The summed E-state index contributed by atoms with van der Waals surface area (Å²) in [7, 11) is 0. The second-order valence-corrected chi connectivity index (χ2v) is 7.01. The molecule has 2 heterocycles. The van der Waals surface area contributed by atoms with Gasteiger partial charge in [0.2, 0.25) is 0 Å². The largest absolute Gasteiger partial charge is 0.459 e. The number of hydrogen-bond donors (Lipinski definition) is 1. The molecule has 1 N–H and O–H groups in total. The van der Waals surface area contributed by atoms with Gasteiger partial charge in [-0.1, -0.05) is 23.2 Å². The van der Waals surface area contributed by atoms with Crippen LogP contribution in [0.1, 0.15) is 23.8 Å². The summed E-state index contributed by atoms with van der Waals surface area (Å²) in [6.45, 7) is 0. The van der Waals surface area contributed by atoms with Gasteiger partial charge in [-0.05, 0) is 36.4 Å². The van der Waals surface area contributed by atoms with E-state index in [2.05, 4.69) is 10.5 Å². The highest BCUT2D eigenvalue weighted by molar-refractivity contribution is 6.37. The second kappa shape index (κ2) is 7.26. The highest BCUT2D eigenvalue weighted by atomic mass is 35.5. The molecule has 4 rings (SSSR count). The first kappa shape index (κ1) is 18.5. The van der Waals surface area contributed by atoms with Crippen molar-refractivity contribution < 1.29 is 13.7 Å². The lowest BCUT2D eigenvalue weighted by Gasteiger charge is -2.07. The summed E-state index contributed by atoms with van der Waals surface area (Å²) in [5.74, 6) is 0.652. The standard InChI is InChI=1S/C19H12Cl2FN3O3/c20-13-8-14(21)15(22)7-12(13)16-9-17(24-23-16)19-6-5-18(28-19)10-1-3-11(4-2-10)25(26)27/h1-8,17,24H,9H2/t17-/m1/s1. The molecule has 0 spiro atoms. The van der Waals surface area contributed by atoms with Crippen LogP contribution in [0.25, 0.3) is 11.3 Å². The Bertz CT molecular complexity index is 1100. The summed E-state index contributed by atoms with van der Waals surface area (Å²) in [6.07, 6.45) is 0.452. The molecule has 0 unspecified atom stereocenters. The molecule has 28 heavy (non-hydrogen) atoms. The fraction of sp³-hybridized carbons (Fsp3) is 0.105. The Labute approximate surface area is 168 Å². The van der Waals surface area contributed by atoms with E-state index in [1.165, 1.54) is 24.3 Å². The summed E-state index contributed by atoms with van der Waals surface area (Å²) < 4.78 is 19.7. The maximum Gasteiger partial charge on any atom is 0.269 e. The number of nitro benzene ring substituents is 1. The predicted octanol–water partition coefficient (Wildman–Crippen LogP) is 5.74. The molecular weight excluding hydrogens is 408 g/mol.